The highest BCUT2D eigenvalue weighted by molar-refractivity contribution is 9.10. The largest absolute Gasteiger partial charge is 0.293 e. The van der Waals surface area contributed by atoms with E-state index < -0.39 is 0 Å². The van der Waals surface area contributed by atoms with E-state index >= 15 is 0 Å². The summed E-state index contributed by atoms with van der Waals surface area (Å²) in [5.41, 5.74) is 1.10. The average molecular weight is 423 g/mol. The van der Waals surface area contributed by atoms with Gasteiger partial charge in [-0.15, -0.1) is 10.2 Å². The van der Waals surface area contributed by atoms with Crippen molar-refractivity contribution in [1.29, 1.82) is 0 Å². The first-order chi connectivity index (χ1) is 12.1. The second kappa shape index (κ2) is 8.21. The quantitative estimate of drug-likeness (QED) is 0.578. The lowest BCUT2D eigenvalue weighted by Gasteiger charge is -2.02. The number of carbonyl (C=O) groups excluding carboxylic acids is 1. The topological polar surface area (TPSA) is 103 Å². The molecule has 0 saturated carbocycles. The van der Waals surface area contributed by atoms with Gasteiger partial charge < -0.3 is 0 Å². The van der Waals surface area contributed by atoms with Crippen LogP contribution >= 0.6 is 27.7 Å². The number of tetrazole rings is 1. The molecule has 0 aliphatic rings. The van der Waals surface area contributed by atoms with E-state index in [-0.39, 0.29) is 5.91 Å². The highest BCUT2D eigenvalue weighted by atomic mass is 79.9. The Bertz CT molecular complexity index is 847. The molecule has 3 aromatic rings. The summed E-state index contributed by atoms with van der Waals surface area (Å²) >= 11 is 4.82. The van der Waals surface area contributed by atoms with Crippen molar-refractivity contribution < 1.29 is 4.79 Å². The Hall–Kier alpha value is -2.27. The van der Waals surface area contributed by atoms with Crippen molar-refractivity contribution in [2.24, 2.45) is 7.05 Å². The summed E-state index contributed by atoms with van der Waals surface area (Å²) in [7, 11) is 1.75. The van der Waals surface area contributed by atoms with Gasteiger partial charge in [0.25, 0.3) is 0 Å². The number of nitrogens with one attached hydrogen (secondary N) is 1. The van der Waals surface area contributed by atoms with Gasteiger partial charge in [0.2, 0.25) is 17.0 Å². The summed E-state index contributed by atoms with van der Waals surface area (Å²) in [5, 5.41) is 18.7. The summed E-state index contributed by atoms with van der Waals surface area (Å²) in [6, 6.07) is 7.95. The fourth-order valence-corrected chi connectivity index (χ4v) is 3.02. The van der Waals surface area contributed by atoms with Crippen molar-refractivity contribution in [3.05, 3.63) is 40.6 Å². The molecule has 9 nitrogen and oxygen atoms in total. The van der Waals surface area contributed by atoms with Crippen LogP contribution in [0.4, 0.5) is 5.95 Å². The second-order valence-corrected chi connectivity index (χ2v) is 7.10. The first kappa shape index (κ1) is 17.5. The Labute approximate surface area is 156 Å². The fourth-order valence-electron chi connectivity index (χ4n) is 1.97. The van der Waals surface area contributed by atoms with Crippen LogP contribution in [0.25, 0.3) is 0 Å². The van der Waals surface area contributed by atoms with E-state index in [0.29, 0.717) is 29.8 Å². The number of carbonyl (C=O) groups is 1. The molecule has 3 rings (SSSR count). The Morgan fingerprint density at radius 1 is 1.32 bits per heavy atom. The normalized spacial score (nSPS) is 10.8. The number of aryl methyl sites for hydroxylation is 1. The molecule has 11 heteroatoms. The molecule has 0 atom stereocenters. The highest BCUT2D eigenvalue weighted by Crippen LogP contribution is 2.14. The Balaban J connectivity index is 1.46. The molecule has 0 bridgehead atoms. The van der Waals surface area contributed by atoms with Gasteiger partial charge in [0.05, 0.1) is 6.54 Å². The maximum Gasteiger partial charge on any atom is 0.248 e. The lowest BCUT2D eigenvalue weighted by molar-refractivity contribution is -0.115. The molecule has 0 spiro atoms. The highest BCUT2D eigenvalue weighted by Gasteiger charge is 2.09. The molecule has 2 heterocycles. The molecular weight excluding hydrogens is 408 g/mol. The van der Waals surface area contributed by atoms with Crippen LogP contribution in [0.15, 0.2) is 40.2 Å². The van der Waals surface area contributed by atoms with Crippen LogP contribution in [0, 0.1) is 0 Å². The van der Waals surface area contributed by atoms with Gasteiger partial charge in [-0.05, 0) is 28.1 Å². The molecule has 1 amide bonds. The number of thioether (sulfide) groups is 1. The van der Waals surface area contributed by atoms with E-state index in [2.05, 4.69) is 46.9 Å². The van der Waals surface area contributed by atoms with Crippen LogP contribution in [0.2, 0.25) is 0 Å². The standard InChI is InChI=1S/C14H15BrN8OS/c1-22-14(18-20-21-22)25-7-6-12(24)17-13-16-9-23(19-13)8-10-2-4-11(15)5-3-10/h2-5,9H,6-8H2,1H3,(H,17,19,24). The first-order valence-electron chi connectivity index (χ1n) is 7.39. The van der Waals surface area contributed by atoms with E-state index in [9.17, 15) is 4.79 Å². The first-order valence-corrected chi connectivity index (χ1v) is 9.17. The van der Waals surface area contributed by atoms with Gasteiger partial charge >= 0.3 is 0 Å². The van der Waals surface area contributed by atoms with E-state index in [4.69, 9.17) is 0 Å². The van der Waals surface area contributed by atoms with Gasteiger partial charge in [-0.1, -0.05) is 39.8 Å². The molecule has 2 aromatic heterocycles. The van der Waals surface area contributed by atoms with Crippen LogP contribution in [-0.2, 0) is 18.4 Å². The third kappa shape index (κ3) is 5.10. The molecule has 130 valence electrons. The Kier molecular flexibility index (Phi) is 5.76. The number of benzene rings is 1. The van der Waals surface area contributed by atoms with Crippen LogP contribution < -0.4 is 5.32 Å². The lowest BCUT2D eigenvalue weighted by Crippen LogP contribution is -2.14. The second-order valence-electron chi connectivity index (χ2n) is 5.12. The van der Waals surface area contributed by atoms with E-state index in [1.165, 1.54) is 11.8 Å². The minimum absolute atomic E-state index is 0.149. The van der Waals surface area contributed by atoms with Crippen LogP contribution in [0.5, 0.6) is 0 Å². The molecule has 1 N–H and O–H groups in total. The number of rotatable bonds is 7. The zero-order valence-corrected chi connectivity index (χ0v) is 15.7. The number of halogens is 1. The Morgan fingerprint density at radius 2 is 2.12 bits per heavy atom. The van der Waals surface area contributed by atoms with Crippen molar-refractivity contribution in [3.63, 3.8) is 0 Å². The molecule has 0 fully saturated rings. The third-order valence-electron chi connectivity index (χ3n) is 3.19. The number of hydrogen-bond donors (Lipinski definition) is 1. The summed E-state index contributed by atoms with van der Waals surface area (Å²) in [5.74, 6) is 0.719. The average Bonchev–Trinajstić information content (AvgIpc) is 3.19. The van der Waals surface area contributed by atoms with Crippen molar-refractivity contribution in [3.8, 4) is 0 Å². The smallest absolute Gasteiger partial charge is 0.248 e. The van der Waals surface area contributed by atoms with E-state index in [1.54, 1.807) is 22.7 Å². The molecule has 25 heavy (non-hydrogen) atoms. The fraction of sp³-hybridized carbons (Fsp3) is 0.286. The van der Waals surface area contributed by atoms with Gasteiger partial charge in [-0.3, -0.25) is 10.1 Å². The molecule has 0 aliphatic carbocycles. The zero-order chi connectivity index (χ0) is 17.6. The Morgan fingerprint density at radius 3 is 2.84 bits per heavy atom. The summed E-state index contributed by atoms with van der Waals surface area (Å²) < 4.78 is 4.27. The molecular formula is C14H15BrN8OS. The van der Waals surface area contributed by atoms with Crippen molar-refractivity contribution in [2.75, 3.05) is 11.1 Å². The SMILES string of the molecule is Cn1nnnc1SCCC(=O)Nc1ncn(Cc2ccc(Br)cc2)n1. The van der Waals surface area contributed by atoms with Crippen molar-refractivity contribution in [2.45, 2.75) is 18.1 Å². The predicted molar refractivity (Wildman–Crippen MR) is 96.0 cm³/mol. The van der Waals surface area contributed by atoms with Gasteiger partial charge in [0.1, 0.15) is 6.33 Å². The molecule has 0 saturated heterocycles. The number of aromatic nitrogens is 7. The van der Waals surface area contributed by atoms with Crippen LogP contribution in [0.3, 0.4) is 0 Å². The van der Waals surface area contributed by atoms with Gasteiger partial charge in [-0.2, -0.15) is 0 Å². The van der Waals surface area contributed by atoms with E-state index in [0.717, 1.165) is 10.0 Å². The minimum Gasteiger partial charge on any atom is -0.293 e. The number of nitrogens with zero attached hydrogens (tertiary/aromatic N) is 7. The molecule has 0 radical (unpaired) electrons. The predicted octanol–water partition coefficient (Wildman–Crippen LogP) is 1.73. The summed E-state index contributed by atoms with van der Waals surface area (Å²) in [4.78, 5) is 16.1. The third-order valence-corrected chi connectivity index (χ3v) is 4.73. The monoisotopic (exact) mass is 422 g/mol. The zero-order valence-electron chi connectivity index (χ0n) is 13.3. The van der Waals surface area contributed by atoms with E-state index in [1.807, 2.05) is 24.3 Å². The molecule has 0 unspecified atom stereocenters. The van der Waals surface area contributed by atoms with Crippen molar-refractivity contribution >= 4 is 39.5 Å². The lowest BCUT2D eigenvalue weighted by atomic mass is 10.2. The number of hydrogen-bond acceptors (Lipinski definition) is 7. The molecule has 0 aliphatic heterocycles. The number of amides is 1. The molecule has 1 aromatic carbocycles. The summed E-state index contributed by atoms with van der Waals surface area (Å²) in [6.07, 6.45) is 1.91. The van der Waals surface area contributed by atoms with Crippen LogP contribution in [-0.4, -0.2) is 46.6 Å². The maximum absolute atomic E-state index is 12.0. The maximum atomic E-state index is 12.0. The summed E-state index contributed by atoms with van der Waals surface area (Å²) in [6.45, 7) is 0.588. The minimum atomic E-state index is -0.149. The van der Waals surface area contributed by atoms with Crippen LogP contribution in [0.1, 0.15) is 12.0 Å². The van der Waals surface area contributed by atoms with Gasteiger partial charge in [0.15, 0.2) is 0 Å². The van der Waals surface area contributed by atoms with Gasteiger partial charge in [-0.25, -0.2) is 14.3 Å². The van der Waals surface area contributed by atoms with Crippen molar-refractivity contribution in [1.82, 2.24) is 35.0 Å². The number of anilines is 1. The van der Waals surface area contributed by atoms with Gasteiger partial charge in [0, 0.05) is 23.7 Å².